The summed E-state index contributed by atoms with van der Waals surface area (Å²) in [5.74, 6) is 0. The molecular weight excluding hydrogens is 1350 g/mol. The zero-order valence-electron chi connectivity index (χ0n) is 68.5. The minimum Gasteiger partial charge on any atom is -0.374 e. The summed E-state index contributed by atoms with van der Waals surface area (Å²) in [6, 6.07) is 93.0. The van der Waals surface area contributed by atoms with Gasteiger partial charge in [0.1, 0.15) is 0 Å². The molecule has 4 aliphatic carbocycles. The molecule has 0 unspecified atom stereocenters. The van der Waals surface area contributed by atoms with Crippen LogP contribution in [0.4, 0.5) is 34.1 Å². The summed E-state index contributed by atoms with van der Waals surface area (Å²) in [4.78, 5) is 5.31. The van der Waals surface area contributed by atoms with E-state index in [1.165, 1.54) is 251 Å². The fourth-order valence-electron chi connectivity index (χ4n) is 23.2. The largest absolute Gasteiger partial charge is 0.374 e. The summed E-state index contributed by atoms with van der Waals surface area (Å²) in [5, 5.41) is 2.59. The molecule has 0 saturated carbocycles. The number of hydrogen-bond donors (Lipinski definition) is 0. The van der Waals surface area contributed by atoms with Gasteiger partial charge in [-0.1, -0.05) is 281 Å². The highest BCUT2D eigenvalue weighted by atomic mass is 15.2. The Hall–Kier alpha value is -10.3. The van der Waals surface area contributed by atoms with Crippen LogP contribution in [-0.2, 0) is 43.3 Å². The van der Waals surface area contributed by atoms with Crippen LogP contribution >= 0.6 is 0 Å². The van der Waals surface area contributed by atoms with Crippen molar-refractivity contribution in [3.63, 3.8) is 0 Å². The van der Waals surface area contributed by atoms with Crippen molar-refractivity contribution in [1.29, 1.82) is 0 Å². The first kappa shape index (κ1) is 68.5. The van der Waals surface area contributed by atoms with Crippen molar-refractivity contribution in [2.75, 3.05) is 9.80 Å². The van der Waals surface area contributed by atoms with E-state index in [0.717, 1.165) is 0 Å². The molecule has 552 valence electrons. The monoisotopic (exact) mass is 1450 g/mol. The molecule has 0 spiro atoms. The number of rotatable bonds is 6. The van der Waals surface area contributed by atoms with Gasteiger partial charge in [0, 0.05) is 67.1 Å². The Morgan fingerprint density at radius 1 is 0.223 bits per heavy atom. The number of nitrogens with zero attached hydrogens (tertiary/aromatic N) is 4. The maximum atomic E-state index is 2.83. The standard InChI is InChI=1S/C106H102B2N4/c1-99(2)45-49-103(9,10)83-59-63(37-41-79(83)99)67-53-68(64-38-42-80-84(60-64)104(11,12)50-46-100(80,3)4)56-71(55-67)109-89-33-19-17-31-87(89)107-93-73(25-23-35-91(93)109)75-27-21-29-77-95(75)111(107)97-78-30-22-28-76-74-26-24-36-92-94(74)108(112(96(76)78)98(77)97)88-32-18-20-34-90(88)110(92)72-57-69(65-39-43-81-85(61-65)105(13,14)51-47-101(81,5)6)54-70(58-72)66-40-44-82-86(62-66)106(15,16)52-48-102(82,7)8/h17-44,53-62H,45-52H2,1-16H3. The van der Waals surface area contributed by atoms with Crippen LogP contribution in [0.5, 0.6) is 0 Å². The van der Waals surface area contributed by atoms with Gasteiger partial charge >= 0.3 is 13.7 Å². The fraction of sp³-hybridized carbons (Fsp3) is 0.302. The molecule has 0 N–H and O–H groups in total. The lowest BCUT2D eigenvalue weighted by Crippen LogP contribution is -2.56. The molecule has 0 saturated heterocycles. The van der Waals surface area contributed by atoms with Crippen LogP contribution in [0.1, 0.15) is 207 Å². The average Bonchev–Trinajstić information content (AvgIpc) is 1.48. The molecule has 22 rings (SSSR count). The van der Waals surface area contributed by atoms with Crippen LogP contribution < -0.4 is 31.7 Å². The molecule has 0 bridgehead atoms. The highest BCUT2D eigenvalue weighted by molar-refractivity contribution is 6.92. The van der Waals surface area contributed by atoms with Crippen molar-refractivity contribution in [2.24, 2.45) is 0 Å². The molecule has 0 amide bonds. The normalized spacial score (nSPS) is 19.1. The number of para-hydroxylation sites is 4. The molecular formula is C106H102B2N4. The summed E-state index contributed by atoms with van der Waals surface area (Å²) in [7, 11) is 0. The van der Waals surface area contributed by atoms with Gasteiger partial charge in [-0.15, -0.1) is 0 Å². The van der Waals surface area contributed by atoms with Crippen LogP contribution in [0.25, 0.3) is 99.6 Å². The van der Waals surface area contributed by atoms with Crippen molar-refractivity contribution < 1.29 is 0 Å². The Balaban J connectivity index is 0.740. The van der Waals surface area contributed by atoms with Crippen LogP contribution in [0.15, 0.2) is 231 Å². The Morgan fingerprint density at radius 2 is 0.491 bits per heavy atom. The van der Waals surface area contributed by atoms with E-state index >= 15 is 0 Å². The molecule has 14 aromatic rings. The van der Waals surface area contributed by atoms with E-state index < -0.39 is 0 Å². The number of fused-ring (bicyclic) bond motifs is 17. The first-order chi connectivity index (χ1) is 53.5. The average molecular weight is 1450 g/mol. The van der Waals surface area contributed by atoms with Crippen LogP contribution in [0.3, 0.4) is 0 Å². The summed E-state index contributed by atoms with van der Waals surface area (Å²) < 4.78 is 5.66. The molecule has 112 heavy (non-hydrogen) atoms. The highest BCUT2D eigenvalue weighted by Crippen LogP contribution is 2.57. The topological polar surface area (TPSA) is 16.3 Å². The lowest BCUT2D eigenvalue weighted by Gasteiger charge is -2.42. The summed E-state index contributed by atoms with van der Waals surface area (Å²) >= 11 is 0. The van der Waals surface area contributed by atoms with Crippen LogP contribution in [0, 0.1) is 0 Å². The third-order valence-electron chi connectivity index (χ3n) is 30.1. The van der Waals surface area contributed by atoms with E-state index in [-0.39, 0.29) is 57.0 Å². The summed E-state index contributed by atoms with van der Waals surface area (Å²) in [6.07, 6.45) is 9.42. The predicted octanol–water partition coefficient (Wildman–Crippen LogP) is 25.6. The molecule has 6 heteroatoms. The predicted molar refractivity (Wildman–Crippen MR) is 479 cm³/mol. The Labute approximate surface area is 664 Å². The molecule has 0 radical (unpaired) electrons. The number of benzene rings is 12. The van der Waals surface area contributed by atoms with Gasteiger partial charge in [-0.05, 0) is 277 Å². The lowest BCUT2D eigenvalue weighted by molar-refractivity contribution is 0.332. The Kier molecular flexibility index (Phi) is 13.9. The maximum Gasteiger partial charge on any atom is 0.333 e. The molecule has 2 aromatic heterocycles. The minimum atomic E-state index is -0.133. The van der Waals surface area contributed by atoms with Gasteiger partial charge in [-0.2, -0.15) is 0 Å². The third kappa shape index (κ3) is 9.50. The Bertz CT molecular complexity index is 5920. The Morgan fingerprint density at radius 3 is 0.804 bits per heavy atom. The van der Waals surface area contributed by atoms with Crippen molar-refractivity contribution in [1.82, 2.24) is 8.96 Å². The minimum absolute atomic E-state index is 0.0604. The van der Waals surface area contributed by atoms with Crippen molar-refractivity contribution >= 4 is 103 Å². The molecule has 0 atom stereocenters. The molecule has 6 heterocycles. The lowest BCUT2D eigenvalue weighted by atomic mass is 9.45. The second-order valence-electron chi connectivity index (χ2n) is 40.6. The molecule has 8 aliphatic rings. The van der Waals surface area contributed by atoms with E-state index in [0.29, 0.717) is 0 Å². The van der Waals surface area contributed by atoms with Crippen molar-refractivity contribution in [2.45, 2.75) is 205 Å². The van der Waals surface area contributed by atoms with Gasteiger partial charge in [0.05, 0.1) is 11.0 Å². The van der Waals surface area contributed by atoms with Gasteiger partial charge in [-0.3, -0.25) is 0 Å². The molecule has 0 fully saturated rings. The molecule has 12 aromatic carbocycles. The first-order valence-electron chi connectivity index (χ1n) is 42.0. The quantitative estimate of drug-likeness (QED) is 0.154. The number of hydrogen-bond acceptors (Lipinski definition) is 2. The summed E-state index contributed by atoms with van der Waals surface area (Å²) in [6.45, 7) is 39.1. The second kappa shape index (κ2) is 22.8. The van der Waals surface area contributed by atoms with Gasteiger partial charge in [0.25, 0.3) is 0 Å². The number of anilines is 6. The van der Waals surface area contributed by atoms with Crippen LogP contribution in [-0.4, -0.2) is 22.7 Å². The first-order valence-corrected chi connectivity index (χ1v) is 42.0. The fourth-order valence-corrected chi connectivity index (χ4v) is 23.2. The van der Waals surface area contributed by atoms with Crippen molar-refractivity contribution in [3.05, 3.63) is 275 Å². The van der Waals surface area contributed by atoms with Crippen LogP contribution in [0.2, 0.25) is 0 Å². The smallest absolute Gasteiger partial charge is 0.333 e. The van der Waals surface area contributed by atoms with Gasteiger partial charge in [0.2, 0.25) is 0 Å². The maximum absolute atomic E-state index is 2.83. The van der Waals surface area contributed by atoms with E-state index in [9.17, 15) is 0 Å². The highest BCUT2D eigenvalue weighted by Gasteiger charge is 2.49. The molecule has 4 nitrogen and oxygen atoms in total. The van der Waals surface area contributed by atoms with E-state index in [1.54, 1.807) is 0 Å². The number of aromatic nitrogens is 2. The zero-order valence-corrected chi connectivity index (χ0v) is 68.5. The van der Waals surface area contributed by atoms with E-state index in [1.807, 2.05) is 0 Å². The van der Waals surface area contributed by atoms with Crippen molar-refractivity contribution in [3.8, 4) is 66.8 Å². The SMILES string of the molecule is CC1(C)CCC(C)(C)c2cc(-c3cc(-c4ccc5c(c4)C(C)(C)CCC5(C)C)cc(N4c5ccccc5B5c6c(cccc64)-c4cccc6c4n5c4c5cccc7c5n(c64)B4c5ccccc5N(c5cc(-c6ccc8c(c6)C(C)(C)CCC8(C)C)cc(-c6ccc8c(c6)C(C)(C)CCC8(C)C)c5)c5cccc-7c54)c3)ccc21. The molecule has 4 aliphatic heterocycles. The third-order valence-corrected chi connectivity index (χ3v) is 30.1. The van der Waals surface area contributed by atoms with E-state index in [2.05, 4.69) is 360 Å². The van der Waals surface area contributed by atoms with E-state index in [4.69, 9.17) is 0 Å². The zero-order chi connectivity index (χ0) is 76.8. The second-order valence-corrected chi connectivity index (χ2v) is 40.6. The van der Waals surface area contributed by atoms with Gasteiger partial charge < -0.3 is 18.8 Å². The summed E-state index contributed by atoms with van der Waals surface area (Å²) in [5.41, 5.74) is 45.6. The van der Waals surface area contributed by atoms with Gasteiger partial charge in [-0.25, -0.2) is 0 Å². The van der Waals surface area contributed by atoms with Gasteiger partial charge in [0.15, 0.2) is 0 Å².